The molecule has 0 aliphatic carbocycles. The monoisotopic (exact) mass is 205 g/mol. The molecule has 15 heavy (non-hydrogen) atoms. The maximum atomic E-state index is 4.99. The van der Waals surface area contributed by atoms with Gasteiger partial charge in [-0.2, -0.15) is 5.10 Å². The van der Waals surface area contributed by atoms with Crippen molar-refractivity contribution in [3.63, 3.8) is 0 Å². The minimum absolute atomic E-state index is 0.772. The average Bonchev–Trinajstić information content (AvgIpc) is 2.85. The van der Waals surface area contributed by atoms with E-state index in [4.69, 9.17) is 4.42 Å². The molecule has 0 bridgehead atoms. The van der Waals surface area contributed by atoms with Crippen LogP contribution in [-0.4, -0.2) is 9.78 Å². The van der Waals surface area contributed by atoms with Crippen molar-refractivity contribution in [1.82, 2.24) is 9.78 Å². The van der Waals surface area contributed by atoms with Crippen LogP contribution in [0.5, 0.6) is 0 Å². The predicted octanol–water partition coefficient (Wildman–Crippen LogP) is 2.50. The number of nitrogens with one attached hydrogen (secondary N) is 1. The zero-order chi connectivity index (χ0) is 10.5. The lowest BCUT2D eigenvalue weighted by Gasteiger charge is -1.99. The Morgan fingerprint density at radius 1 is 1.53 bits per heavy atom. The van der Waals surface area contributed by atoms with Crippen LogP contribution in [0.15, 0.2) is 35.4 Å². The molecule has 2 aromatic heterocycles. The van der Waals surface area contributed by atoms with Crippen molar-refractivity contribution < 1.29 is 4.42 Å². The summed E-state index contributed by atoms with van der Waals surface area (Å²) >= 11 is 0. The van der Waals surface area contributed by atoms with E-state index in [1.165, 1.54) is 0 Å². The molecule has 0 fully saturated rings. The highest BCUT2D eigenvalue weighted by molar-refractivity contribution is 5.38. The van der Waals surface area contributed by atoms with Gasteiger partial charge in [0.05, 0.1) is 24.4 Å². The minimum atomic E-state index is 0.772. The van der Waals surface area contributed by atoms with Crippen molar-refractivity contribution in [2.45, 2.75) is 26.4 Å². The molecule has 0 aliphatic heterocycles. The Bertz CT molecular complexity index is 392. The molecular formula is C11H15N3O. The molecule has 2 rings (SSSR count). The molecule has 0 aromatic carbocycles. The third-order valence-corrected chi connectivity index (χ3v) is 2.16. The number of aryl methyl sites for hydroxylation is 1. The summed E-state index contributed by atoms with van der Waals surface area (Å²) in [5.41, 5.74) is 2.18. The molecule has 2 aromatic rings. The van der Waals surface area contributed by atoms with Crippen molar-refractivity contribution in [3.8, 4) is 0 Å². The Morgan fingerprint density at radius 2 is 2.47 bits per heavy atom. The van der Waals surface area contributed by atoms with Gasteiger partial charge in [0.1, 0.15) is 0 Å². The van der Waals surface area contributed by atoms with Gasteiger partial charge in [0.25, 0.3) is 0 Å². The average molecular weight is 205 g/mol. The third kappa shape index (κ3) is 2.62. The Kier molecular flexibility index (Phi) is 3.07. The van der Waals surface area contributed by atoms with Gasteiger partial charge in [-0.25, -0.2) is 0 Å². The molecule has 0 saturated heterocycles. The lowest BCUT2D eigenvalue weighted by atomic mass is 10.3. The van der Waals surface area contributed by atoms with Gasteiger partial charge in [-0.3, -0.25) is 4.68 Å². The maximum Gasteiger partial charge on any atom is 0.0952 e. The summed E-state index contributed by atoms with van der Waals surface area (Å²) in [6, 6.07) is 1.95. The first-order valence-electron chi connectivity index (χ1n) is 5.16. The van der Waals surface area contributed by atoms with E-state index in [-0.39, 0.29) is 0 Å². The largest absolute Gasteiger partial charge is 0.472 e. The molecule has 1 N–H and O–H groups in total. The van der Waals surface area contributed by atoms with E-state index >= 15 is 0 Å². The minimum Gasteiger partial charge on any atom is -0.472 e. The van der Waals surface area contributed by atoms with Gasteiger partial charge >= 0.3 is 0 Å². The molecule has 4 nitrogen and oxygen atoms in total. The second kappa shape index (κ2) is 4.68. The van der Waals surface area contributed by atoms with Crippen LogP contribution < -0.4 is 5.32 Å². The van der Waals surface area contributed by atoms with Gasteiger partial charge in [-0.05, 0) is 12.5 Å². The van der Waals surface area contributed by atoms with Gasteiger partial charge in [-0.1, -0.05) is 6.92 Å². The van der Waals surface area contributed by atoms with E-state index in [0.717, 1.165) is 30.8 Å². The first-order valence-corrected chi connectivity index (χ1v) is 5.16. The summed E-state index contributed by atoms with van der Waals surface area (Å²) in [5.74, 6) is 0. The second-order valence-electron chi connectivity index (χ2n) is 3.48. The summed E-state index contributed by atoms with van der Waals surface area (Å²) in [5, 5.41) is 7.52. The first kappa shape index (κ1) is 9.83. The van der Waals surface area contributed by atoms with Gasteiger partial charge in [-0.15, -0.1) is 0 Å². The molecule has 0 unspecified atom stereocenters. The van der Waals surface area contributed by atoms with Crippen LogP contribution in [0.1, 0.15) is 18.9 Å². The normalized spacial score (nSPS) is 10.5. The quantitative estimate of drug-likeness (QED) is 0.815. The molecule has 4 heteroatoms. The number of rotatable bonds is 5. The number of anilines is 1. The van der Waals surface area contributed by atoms with Gasteiger partial charge in [0.15, 0.2) is 0 Å². The first-order chi connectivity index (χ1) is 7.38. The van der Waals surface area contributed by atoms with E-state index in [1.807, 2.05) is 23.1 Å². The third-order valence-electron chi connectivity index (χ3n) is 2.16. The van der Waals surface area contributed by atoms with Crippen LogP contribution in [0.4, 0.5) is 5.69 Å². The summed E-state index contributed by atoms with van der Waals surface area (Å²) in [7, 11) is 0. The number of hydrogen-bond donors (Lipinski definition) is 1. The van der Waals surface area contributed by atoms with Crippen molar-refractivity contribution in [2.75, 3.05) is 5.32 Å². The van der Waals surface area contributed by atoms with Gasteiger partial charge in [0.2, 0.25) is 0 Å². The van der Waals surface area contributed by atoms with Gasteiger partial charge in [0, 0.05) is 24.8 Å². The second-order valence-corrected chi connectivity index (χ2v) is 3.48. The molecule has 2 heterocycles. The van der Waals surface area contributed by atoms with Crippen LogP contribution in [0.2, 0.25) is 0 Å². The lowest BCUT2D eigenvalue weighted by molar-refractivity contribution is 0.564. The summed E-state index contributed by atoms with van der Waals surface area (Å²) in [4.78, 5) is 0. The molecule has 0 aliphatic rings. The zero-order valence-electron chi connectivity index (χ0n) is 8.81. The smallest absolute Gasteiger partial charge is 0.0952 e. The number of hydrogen-bond acceptors (Lipinski definition) is 3. The Morgan fingerprint density at radius 3 is 3.20 bits per heavy atom. The predicted molar refractivity (Wildman–Crippen MR) is 58.6 cm³/mol. The molecule has 0 atom stereocenters. The summed E-state index contributed by atoms with van der Waals surface area (Å²) in [6.07, 6.45) is 8.38. The standard InChI is InChI=1S/C11H15N3O/c1-2-4-14-8-11(7-13-14)12-6-10-3-5-15-9-10/h3,5,7-9,12H,2,4,6H2,1H3. The van der Waals surface area contributed by atoms with Crippen LogP contribution in [0, 0.1) is 0 Å². The number of aromatic nitrogens is 2. The Labute approximate surface area is 88.9 Å². The van der Waals surface area contributed by atoms with E-state index in [2.05, 4.69) is 17.3 Å². The highest BCUT2D eigenvalue weighted by Gasteiger charge is 1.98. The molecule has 0 saturated carbocycles. The topological polar surface area (TPSA) is 43.0 Å². The highest BCUT2D eigenvalue weighted by atomic mass is 16.3. The lowest BCUT2D eigenvalue weighted by Crippen LogP contribution is -1.98. The number of nitrogens with zero attached hydrogens (tertiary/aromatic N) is 2. The zero-order valence-corrected chi connectivity index (χ0v) is 8.81. The van der Waals surface area contributed by atoms with Crippen LogP contribution in [0.3, 0.4) is 0 Å². The highest BCUT2D eigenvalue weighted by Crippen LogP contribution is 2.08. The fourth-order valence-corrected chi connectivity index (χ4v) is 1.40. The Balaban J connectivity index is 1.88. The van der Waals surface area contributed by atoms with E-state index < -0.39 is 0 Å². The van der Waals surface area contributed by atoms with Crippen LogP contribution >= 0.6 is 0 Å². The number of furan rings is 1. The molecular weight excluding hydrogens is 190 g/mol. The maximum absolute atomic E-state index is 4.99. The SMILES string of the molecule is CCCn1cc(NCc2ccoc2)cn1. The van der Waals surface area contributed by atoms with E-state index in [9.17, 15) is 0 Å². The fraction of sp³-hybridized carbons (Fsp3) is 0.364. The van der Waals surface area contributed by atoms with Crippen molar-refractivity contribution in [3.05, 3.63) is 36.5 Å². The van der Waals surface area contributed by atoms with E-state index in [1.54, 1.807) is 12.5 Å². The molecule has 0 amide bonds. The summed E-state index contributed by atoms with van der Waals surface area (Å²) < 4.78 is 6.93. The fourth-order valence-electron chi connectivity index (χ4n) is 1.40. The van der Waals surface area contributed by atoms with Gasteiger partial charge < -0.3 is 9.73 Å². The Hall–Kier alpha value is -1.71. The van der Waals surface area contributed by atoms with Crippen LogP contribution in [-0.2, 0) is 13.1 Å². The molecule has 0 radical (unpaired) electrons. The molecule has 0 spiro atoms. The van der Waals surface area contributed by atoms with E-state index in [0.29, 0.717) is 0 Å². The van der Waals surface area contributed by atoms with Crippen molar-refractivity contribution in [1.29, 1.82) is 0 Å². The summed E-state index contributed by atoms with van der Waals surface area (Å²) in [6.45, 7) is 3.88. The van der Waals surface area contributed by atoms with Crippen LogP contribution in [0.25, 0.3) is 0 Å². The molecule has 80 valence electrons. The van der Waals surface area contributed by atoms with Crippen molar-refractivity contribution in [2.24, 2.45) is 0 Å². The van der Waals surface area contributed by atoms with Crippen molar-refractivity contribution >= 4 is 5.69 Å².